The molecule has 2 N–H and O–H groups in total. The molecule has 0 aliphatic carbocycles. The molecule has 0 atom stereocenters. The molecule has 0 unspecified atom stereocenters. The molecule has 3 nitrogen and oxygen atoms in total. The fourth-order valence-electron chi connectivity index (χ4n) is 0.449. The number of nitrogens with zero attached hydrogens (tertiary/aromatic N) is 1. The maximum atomic E-state index is 10.0. The molecule has 0 aromatic carbocycles. The predicted octanol–water partition coefficient (Wildman–Crippen LogP) is -1.21. The molecule has 0 bridgehead atoms. The van der Waals surface area contributed by atoms with Crippen LogP contribution >= 0.6 is 0 Å². The van der Waals surface area contributed by atoms with Crippen molar-refractivity contribution in [1.82, 2.24) is 4.90 Å². The van der Waals surface area contributed by atoms with E-state index in [2.05, 4.69) is 0 Å². The van der Waals surface area contributed by atoms with Crippen LogP contribution in [0, 0.1) is 0 Å². The van der Waals surface area contributed by atoms with E-state index in [0.717, 1.165) is 13.1 Å². The van der Waals surface area contributed by atoms with Crippen molar-refractivity contribution in [3.63, 3.8) is 0 Å². The van der Waals surface area contributed by atoms with E-state index in [4.69, 9.17) is 5.73 Å². The zero-order chi connectivity index (χ0) is 5.28. The number of hydrogen-bond acceptors (Lipinski definition) is 2. The van der Waals surface area contributed by atoms with Crippen LogP contribution in [0.5, 0.6) is 0 Å². The van der Waals surface area contributed by atoms with Gasteiger partial charge in [-0.15, -0.1) is 0 Å². The van der Waals surface area contributed by atoms with Crippen LogP contribution in [0.4, 0.5) is 0 Å². The third-order valence-corrected chi connectivity index (χ3v) is 0.919. The quantitative estimate of drug-likeness (QED) is 0.442. The van der Waals surface area contributed by atoms with Crippen LogP contribution in [0.3, 0.4) is 0 Å². The zero-order valence-corrected chi connectivity index (χ0v) is 4.05. The predicted molar refractivity (Wildman–Crippen MR) is 25.6 cm³/mol. The minimum atomic E-state index is -0.225. The van der Waals surface area contributed by atoms with Crippen molar-refractivity contribution in [3.8, 4) is 0 Å². The first-order chi connectivity index (χ1) is 3.29. The lowest BCUT2D eigenvalue weighted by Gasteiger charge is -1.89. The van der Waals surface area contributed by atoms with Gasteiger partial charge in [-0.25, -0.2) is 0 Å². The molecular formula is C4H8N2O. The van der Waals surface area contributed by atoms with Gasteiger partial charge in [0.05, 0.1) is 6.54 Å². The monoisotopic (exact) mass is 100 g/mol. The van der Waals surface area contributed by atoms with Crippen molar-refractivity contribution in [1.29, 1.82) is 0 Å². The number of rotatable bonds is 2. The van der Waals surface area contributed by atoms with Crippen LogP contribution in [-0.2, 0) is 4.79 Å². The molecule has 0 aromatic heterocycles. The Labute approximate surface area is 42.1 Å². The first-order valence-corrected chi connectivity index (χ1v) is 2.30. The van der Waals surface area contributed by atoms with E-state index in [9.17, 15) is 4.79 Å². The van der Waals surface area contributed by atoms with Gasteiger partial charge in [-0.3, -0.25) is 9.69 Å². The molecule has 3 heteroatoms. The Kier molecular flexibility index (Phi) is 0.982. The van der Waals surface area contributed by atoms with Crippen LogP contribution in [-0.4, -0.2) is 30.4 Å². The highest BCUT2D eigenvalue weighted by Crippen LogP contribution is 1.99. The summed E-state index contributed by atoms with van der Waals surface area (Å²) in [6.07, 6.45) is 0. The summed E-state index contributed by atoms with van der Waals surface area (Å²) in [7, 11) is 0. The van der Waals surface area contributed by atoms with Gasteiger partial charge < -0.3 is 5.73 Å². The molecule has 0 saturated carbocycles. The van der Waals surface area contributed by atoms with Crippen molar-refractivity contribution >= 4 is 5.91 Å². The van der Waals surface area contributed by atoms with E-state index in [-0.39, 0.29) is 5.91 Å². The minimum absolute atomic E-state index is 0.225. The molecule has 1 saturated heterocycles. The van der Waals surface area contributed by atoms with E-state index in [1.165, 1.54) is 0 Å². The number of amides is 1. The fraction of sp³-hybridized carbons (Fsp3) is 0.750. The van der Waals surface area contributed by atoms with Crippen LogP contribution in [0.25, 0.3) is 0 Å². The summed E-state index contributed by atoms with van der Waals surface area (Å²) in [6, 6.07) is 0. The summed E-state index contributed by atoms with van der Waals surface area (Å²) >= 11 is 0. The van der Waals surface area contributed by atoms with E-state index in [0.29, 0.717) is 6.54 Å². The van der Waals surface area contributed by atoms with E-state index in [1.807, 2.05) is 4.90 Å². The molecule has 0 aromatic rings. The third kappa shape index (κ3) is 1.55. The molecule has 1 amide bonds. The number of carbonyl (C=O) groups excluding carboxylic acids is 1. The van der Waals surface area contributed by atoms with Crippen molar-refractivity contribution < 1.29 is 4.79 Å². The molecule has 40 valence electrons. The van der Waals surface area contributed by atoms with Gasteiger partial charge in [0.2, 0.25) is 5.91 Å². The van der Waals surface area contributed by atoms with Gasteiger partial charge in [-0.2, -0.15) is 0 Å². The Hall–Kier alpha value is -0.570. The highest BCUT2D eigenvalue weighted by molar-refractivity contribution is 5.76. The molecule has 1 rings (SSSR count). The first kappa shape index (κ1) is 4.59. The van der Waals surface area contributed by atoms with Gasteiger partial charge in [0.1, 0.15) is 0 Å². The molecule has 1 aliphatic heterocycles. The lowest BCUT2D eigenvalue weighted by atomic mass is 10.6. The normalized spacial score (nSPS) is 19.4. The van der Waals surface area contributed by atoms with Gasteiger partial charge in [0, 0.05) is 13.1 Å². The van der Waals surface area contributed by atoms with Gasteiger partial charge in [-0.05, 0) is 0 Å². The van der Waals surface area contributed by atoms with Crippen molar-refractivity contribution in [2.75, 3.05) is 19.6 Å². The summed E-state index contributed by atoms with van der Waals surface area (Å²) < 4.78 is 0. The topological polar surface area (TPSA) is 46.1 Å². The maximum Gasteiger partial charge on any atom is 0.231 e. The Morgan fingerprint density at radius 3 is 2.43 bits per heavy atom. The lowest BCUT2D eigenvalue weighted by Crippen LogP contribution is -2.21. The van der Waals surface area contributed by atoms with E-state index in [1.54, 1.807) is 0 Å². The molecular weight excluding hydrogens is 92.1 g/mol. The Morgan fingerprint density at radius 2 is 2.29 bits per heavy atom. The number of primary amides is 1. The second kappa shape index (κ2) is 1.50. The van der Waals surface area contributed by atoms with Crippen LogP contribution in [0.15, 0.2) is 0 Å². The standard InChI is InChI=1S/C4H8N2O/c5-4(7)3-6-1-2-6/h1-3H2,(H2,5,7). The van der Waals surface area contributed by atoms with Gasteiger partial charge in [0.25, 0.3) is 0 Å². The Bertz CT molecular complexity index is 87.7. The summed E-state index contributed by atoms with van der Waals surface area (Å²) in [5.74, 6) is -0.225. The van der Waals surface area contributed by atoms with E-state index >= 15 is 0 Å². The Balaban J connectivity index is 2.08. The molecule has 0 radical (unpaired) electrons. The number of nitrogens with two attached hydrogens (primary N) is 1. The summed E-state index contributed by atoms with van der Waals surface area (Å²) in [5.41, 5.74) is 4.85. The third-order valence-electron chi connectivity index (χ3n) is 0.919. The minimum Gasteiger partial charge on any atom is -0.369 e. The first-order valence-electron chi connectivity index (χ1n) is 2.30. The van der Waals surface area contributed by atoms with Gasteiger partial charge in [0.15, 0.2) is 0 Å². The van der Waals surface area contributed by atoms with Crippen LogP contribution in [0.2, 0.25) is 0 Å². The van der Waals surface area contributed by atoms with E-state index < -0.39 is 0 Å². The number of carbonyl (C=O) groups is 1. The van der Waals surface area contributed by atoms with Crippen molar-refractivity contribution in [2.24, 2.45) is 5.73 Å². The Morgan fingerprint density at radius 1 is 1.71 bits per heavy atom. The lowest BCUT2D eigenvalue weighted by molar-refractivity contribution is -0.118. The molecule has 0 spiro atoms. The smallest absolute Gasteiger partial charge is 0.231 e. The number of hydrogen-bond donors (Lipinski definition) is 1. The van der Waals surface area contributed by atoms with Crippen LogP contribution in [0.1, 0.15) is 0 Å². The SMILES string of the molecule is NC(=O)CN1CC1. The summed E-state index contributed by atoms with van der Waals surface area (Å²) in [6.45, 7) is 2.53. The largest absolute Gasteiger partial charge is 0.369 e. The summed E-state index contributed by atoms with van der Waals surface area (Å²) in [5, 5.41) is 0. The van der Waals surface area contributed by atoms with Crippen molar-refractivity contribution in [3.05, 3.63) is 0 Å². The van der Waals surface area contributed by atoms with Crippen molar-refractivity contribution in [2.45, 2.75) is 0 Å². The maximum absolute atomic E-state index is 10.0. The molecule has 1 heterocycles. The highest BCUT2D eigenvalue weighted by Gasteiger charge is 2.17. The molecule has 1 fully saturated rings. The average molecular weight is 100 g/mol. The summed E-state index contributed by atoms with van der Waals surface area (Å²) in [4.78, 5) is 12.0. The van der Waals surface area contributed by atoms with Gasteiger partial charge >= 0.3 is 0 Å². The van der Waals surface area contributed by atoms with Crippen LogP contribution < -0.4 is 5.73 Å². The van der Waals surface area contributed by atoms with Gasteiger partial charge in [-0.1, -0.05) is 0 Å². The fourth-order valence-corrected chi connectivity index (χ4v) is 0.449. The second-order valence-corrected chi connectivity index (χ2v) is 1.74. The molecule has 1 aliphatic rings. The second-order valence-electron chi connectivity index (χ2n) is 1.74. The highest BCUT2D eigenvalue weighted by atomic mass is 16.1. The zero-order valence-electron chi connectivity index (χ0n) is 4.05. The average Bonchev–Trinajstić information content (AvgIpc) is 2.17. The molecule has 7 heavy (non-hydrogen) atoms.